The first-order valence-electron chi connectivity index (χ1n) is 5.51. The summed E-state index contributed by atoms with van der Waals surface area (Å²) in [4.78, 5) is 14.4. The Morgan fingerprint density at radius 1 is 1.41 bits per heavy atom. The van der Waals surface area contributed by atoms with Crippen molar-refractivity contribution in [3.8, 4) is 0 Å². The number of nitrogens with one attached hydrogen (secondary N) is 1. The second-order valence-corrected chi connectivity index (χ2v) is 7.38. The lowest BCUT2D eigenvalue weighted by Crippen LogP contribution is -2.17. The molecule has 1 heterocycles. The van der Waals surface area contributed by atoms with Crippen LogP contribution in [0.15, 0.2) is 17.6 Å². The zero-order valence-electron chi connectivity index (χ0n) is 10.5. The number of carbonyl (C=O) groups is 1. The van der Waals surface area contributed by atoms with Gasteiger partial charge in [-0.3, -0.25) is 4.72 Å². The van der Waals surface area contributed by atoms with Crippen LogP contribution in [0, 0.1) is 5.82 Å². The van der Waals surface area contributed by atoms with Crippen LogP contribution in [0.5, 0.6) is 0 Å². The highest BCUT2D eigenvalue weighted by Crippen LogP contribution is 2.30. The Kier molecular flexibility index (Phi) is 4.90. The standard InChI is InChI=1S/C11H7Cl2FN2O4S2/c12-6-1-2-7(14)5(8(6)13)3-22(19,20)16-10-9(11(17)18)15-4-21-10/h1-2,4,16H,3H2,(H,17,18). The first kappa shape index (κ1) is 16.9. The van der Waals surface area contributed by atoms with Crippen molar-refractivity contribution >= 4 is 55.5 Å². The largest absolute Gasteiger partial charge is 0.476 e. The van der Waals surface area contributed by atoms with Crippen molar-refractivity contribution in [1.82, 2.24) is 4.98 Å². The Bertz CT molecular complexity index is 839. The van der Waals surface area contributed by atoms with Crippen molar-refractivity contribution in [2.45, 2.75) is 5.75 Å². The van der Waals surface area contributed by atoms with Crippen molar-refractivity contribution < 1.29 is 22.7 Å². The highest BCUT2D eigenvalue weighted by molar-refractivity contribution is 7.92. The molecular formula is C11H7Cl2FN2O4S2. The average molecular weight is 385 g/mol. The molecule has 0 spiro atoms. The van der Waals surface area contributed by atoms with E-state index in [1.807, 2.05) is 4.72 Å². The van der Waals surface area contributed by atoms with Gasteiger partial charge in [0.2, 0.25) is 10.0 Å². The van der Waals surface area contributed by atoms with Gasteiger partial charge in [-0.1, -0.05) is 23.2 Å². The SMILES string of the molecule is O=C(O)c1ncsc1NS(=O)(=O)Cc1c(F)ccc(Cl)c1Cl. The summed E-state index contributed by atoms with van der Waals surface area (Å²) in [5.74, 6) is -3.01. The van der Waals surface area contributed by atoms with Crippen molar-refractivity contribution in [3.05, 3.63) is 44.8 Å². The van der Waals surface area contributed by atoms with E-state index in [0.29, 0.717) is 0 Å². The number of sulfonamides is 1. The third kappa shape index (κ3) is 3.67. The van der Waals surface area contributed by atoms with Gasteiger partial charge in [0.1, 0.15) is 10.8 Å². The number of nitrogens with zero attached hydrogens (tertiary/aromatic N) is 1. The molecule has 0 unspecified atom stereocenters. The number of hydrogen-bond donors (Lipinski definition) is 2. The quantitative estimate of drug-likeness (QED) is 0.771. The van der Waals surface area contributed by atoms with Crippen LogP contribution in [0.25, 0.3) is 0 Å². The Morgan fingerprint density at radius 2 is 2.09 bits per heavy atom. The maximum atomic E-state index is 13.7. The fourth-order valence-corrected chi connectivity index (χ4v) is 4.22. The number of benzene rings is 1. The molecule has 0 atom stereocenters. The molecule has 2 N–H and O–H groups in total. The molecular weight excluding hydrogens is 378 g/mol. The highest BCUT2D eigenvalue weighted by atomic mass is 35.5. The number of anilines is 1. The highest BCUT2D eigenvalue weighted by Gasteiger charge is 2.23. The van der Waals surface area contributed by atoms with Crippen LogP contribution < -0.4 is 4.72 Å². The van der Waals surface area contributed by atoms with Gasteiger partial charge in [0.15, 0.2) is 5.69 Å². The summed E-state index contributed by atoms with van der Waals surface area (Å²) in [5, 5.41) is 8.50. The molecule has 0 aliphatic carbocycles. The Hall–Kier alpha value is -1.42. The lowest BCUT2D eigenvalue weighted by Gasteiger charge is -2.10. The topological polar surface area (TPSA) is 96.4 Å². The van der Waals surface area contributed by atoms with Gasteiger partial charge in [-0.25, -0.2) is 22.6 Å². The summed E-state index contributed by atoms with van der Waals surface area (Å²) in [5.41, 5.74) is 0.433. The number of hydrogen-bond acceptors (Lipinski definition) is 5. The summed E-state index contributed by atoms with van der Waals surface area (Å²) in [6.07, 6.45) is 0. The van der Waals surface area contributed by atoms with E-state index in [4.69, 9.17) is 28.3 Å². The van der Waals surface area contributed by atoms with Gasteiger partial charge in [-0.15, -0.1) is 11.3 Å². The molecule has 0 saturated heterocycles. The molecule has 0 bridgehead atoms. The molecule has 2 aromatic rings. The number of halogens is 3. The van der Waals surface area contributed by atoms with E-state index in [9.17, 15) is 17.6 Å². The lowest BCUT2D eigenvalue weighted by molar-refractivity contribution is 0.0692. The number of aromatic carboxylic acids is 1. The number of rotatable bonds is 5. The number of thiazole rings is 1. The molecule has 6 nitrogen and oxygen atoms in total. The maximum Gasteiger partial charge on any atom is 0.357 e. The minimum Gasteiger partial charge on any atom is -0.476 e. The molecule has 1 aromatic heterocycles. The molecule has 0 aliphatic heterocycles. The van der Waals surface area contributed by atoms with Gasteiger partial charge < -0.3 is 5.11 Å². The molecule has 2 rings (SSSR count). The molecule has 0 saturated carbocycles. The van der Waals surface area contributed by atoms with E-state index in [-0.39, 0.29) is 20.6 Å². The van der Waals surface area contributed by atoms with E-state index in [2.05, 4.69) is 4.98 Å². The summed E-state index contributed by atoms with van der Waals surface area (Å²) in [7, 11) is -4.10. The molecule has 118 valence electrons. The number of carboxylic acids is 1. The average Bonchev–Trinajstić information content (AvgIpc) is 2.86. The van der Waals surface area contributed by atoms with Crippen molar-refractivity contribution in [3.63, 3.8) is 0 Å². The van der Waals surface area contributed by atoms with Gasteiger partial charge >= 0.3 is 5.97 Å². The first-order valence-corrected chi connectivity index (χ1v) is 8.79. The molecule has 11 heteroatoms. The lowest BCUT2D eigenvalue weighted by atomic mass is 10.2. The minimum atomic E-state index is -4.10. The number of aromatic nitrogens is 1. The molecule has 0 radical (unpaired) electrons. The molecule has 0 fully saturated rings. The summed E-state index contributed by atoms with van der Waals surface area (Å²) in [6.45, 7) is 0. The molecule has 0 aliphatic rings. The van der Waals surface area contributed by atoms with Crippen molar-refractivity contribution in [2.75, 3.05) is 4.72 Å². The molecule has 0 amide bonds. The minimum absolute atomic E-state index is 0.0114. The van der Waals surface area contributed by atoms with E-state index < -0.39 is 33.3 Å². The zero-order valence-corrected chi connectivity index (χ0v) is 13.7. The zero-order chi connectivity index (χ0) is 16.5. The Morgan fingerprint density at radius 3 is 2.73 bits per heavy atom. The second kappa shape index (κ2) is 6.37. The van der Waals surface area contributed by atoms with Crippen LogP contribution in [0.2, 0.25) is 10.0 Å². The van der Waals surface area contributed by atoms with Gasteiger partial charge in [0.25, 0.3) is 0 Å². The Balaban J connectivity index is 2.31. The van der Waals surface area contributed by atoms with Crippen LogP contribution in [-0.2, 0) is 15.8 Å². The molecule has 22 heavy (non-hydrogen) atoms. The van der Waals surface area contributed by atoms with E-state index in [0.717, 1.165) is 17.4 Å². The third-order valence-electron chi connectivity index (χ3n) is 2.49. The fraction of sp³-hybridized carbons (Fsp3) is 0.0909. The summed E-state index contributed by atoms with van der Waals surface area (Å²) < 4.78 is 39.9. The fourth-order valence-electron chi connectivity index (χ4n) is 1.54. The van der Waals surface area contributed by atoms with Crippen LogP contribution in [-0.4, -0.2) is 24.5 Å². The first-order chi connectivity index (χ1) is 10.2. The second-order valence-electron chi connectivity index (χ2n) is 4.02. The van der Waals surface area contributed by atoms with Crippen LogP contribution >= 0.6 is 34.5 Å². The smallest absolute Gasteiger partial charge is 0.357 e. The van der Waals surface area contributed by atoms with Gasteiger partial charge in [-0.2, -0.15) is 0 Å². The van der Waals surface area contributed by atoms with Crippen molar-refractivity contribution in [1.29, 1.82) is 0 Å². The maximum absolute atomic E-state index is 13.7. The van der Waals surface area contributed by atoms with Crippen LogP contribution in [0.3, 0.4) is 0 Å². The van der Waals surface area contributed by atoms with Crippen LogP contribution in [0.4, 0.5) is 9.39 Å². The van der Waals surface area contributed by atoms with E-state index >= 15 is 0 Å². The van der Waals surface area contributed by atoms with E-state index in [1.165, 1.54) is 11.6 Å². The van der Waals surface area contributed by atoms with Gasteiger partial charge in [-0.05, 0) is 12.1 Å². The van der Waals surface area contributed by atoms with Crippen molar-refractivity contribution in [2.24, 2.45) is 0 Å². The summed E-state index contributed by atoms with van der Waals surface area (Å²) in [6, 6.07) is 2.20. The monoisotopic (exact) mass is 384 g/mol. The normalized spacial score (nSPS) is 11.4. The predicted octanol–water partition coefficient (Wildman–Crippen LogP) is 3.23. The summed E-state index contributed by atoms with van der Waals surface area (Å²) >= 11 is 12.3. The predicted molar refractivity (Wildman–Crippen MR) is 81.7 cm³/mol. The van der Waals surface area contributed by atoms with E-state index in [1.54, 1.807) is 0 Å². The molecule has 1 aromatic carbocycles. The Labute approximate surface area is 138 Å². The van der Waals surface area contributed by atoms with Gasteiger partial charge in [0, 0.05) is 5.56 Å². The number of carboxylic acid groups (broad SMARTS) is 1. The van der Waals surface area contributed by atoms with Crippen LogP contribution in [0.1, 0.15) is 16.1 Å². The third-order valence-corrected chi connectivity index (χ3v) is 5.39. The van der Waals surface area contributed by atoms with Gasteiger partial charge in [0.05, 0.1) is 21.3 Å².